The lowest BCUT2D eigenvalue weighted by molar-refractivity contribution is 0.0303. The second-order valence-corrected chi connectivity index (χ2v) is 10.0. The Morgan fingerprint density at radius 3 is 2.38 bits per heavy atom. The summed E-state index contributed by atoms with van der Waals surface area (Å²) < 4.78 is 6.99. The summed E-state index contributed by atoms with van der Waals surface area (Å²) in [6, 6.07) is 27.5. The molecule has 3 aromatic carbocycles. The largest absolute Gasteiger partial charge is 0.378 e. The lowest BCUT2D eigenvalue weighted by Crippen LogP contribution is -2.40. The lowest BCUT2D eigenvalue weighted by Gasteiger charge is -2.26. The van der Waals surface area contributed by atoms with Gasteiger partial charge in [-0.3, -0.25) is 19.1 Å². The number of ether oxygens (including phenoxy) is 1. The number of fused-ring (bicyclic) bond motifs is 3. The maximum absolute atomic E-state index is 13.2. The van der Waals surface area contributed by atoms with Gasteiger partial charge in [0.1, 0.15) is 0 Å². The second kappa shape index (κ2) is 10.3. The molecule has 5 aromatic rings. The molecule has 0 radical (unpaired) electrons. The quantitative estimate of drug-likeness (QED) is 0.348. The Balaban J connectivity index is 1.43. The number of carbonyl (C=O) groups is 1. The summed E-state index contributed by atoms with van der Waals surface area (Å²) in [6.07, 6.45) is 1.72. The van der Waals surface area contributed by atoms with E-state index < -0.39 is 0 Å². The van der Waals surface area contributed by atoms with Crippen LogP contribution in [0.2, 0.25) is 0 Å². The summed E-state index contributed by atoms with van der Waals surface area (Å²) >= 11 is 0. The summed E-state index contributed by atoms with van der Waals surface area (Å²) in [6.45, 7) is 3.12. The van der Waals surface area contributed by atoms with Crippen molar-refractivity contribution in [3.8, 4) is 16.8 Å². The van der Waals surface area contributed by atoms with Gasteiger partial charge in [0.2, 0.25) is 0 Å². The van der Waals surface area contributed by atoms with E-state index in [1.165, 1.54) is 5.56 Å². The number of amides is 1. The van der Waals surface area contributed by atoms with E-state index in [2.05, 4.69) is 72.5 Å². The molecule has 6 rings (SSSR count). The molecule has 0 saturated carbocycles. The fraction of sp³-hybridized carbons (Fsp3) is 0.219. The van der Waals surface area contributed by atoms with Crippen LogP contribution >= 0.6 is 0 Å². The maximum Gasteiger partial charge on any atom is 0.307 e. The molecule has 7 heteroatoms. The number of pyridine rings is 1. The molecule has 0 atom stereocenters. The molecule has 2 aromatic heterocycles. The van der Waals surface area contributed by atoms with Crippen LogP contribution in [0.15, 0.2) is 77.7 Å². The van der Waals surface area contributed by atoms with Gasteiger partial charge in [-0.2, -0.15) is 0 Å². The summed E-state index contributed by atoms with van der Waals surface area (Å²) in [5.41, 5.74) is 5.77. The molecule has 1 aliphatic rings. The van der Waals surface area contributed by atoms with Gasteiger partial charge in [0.05, 0.1) is 29.6 Å². The summed E-state index contributed by atoms with van der Waals surface area (Å²) in [5, 5.41) is 1.53. The van der Waals surface area contributed by atoms with Crippen molar-refractivity contribution < 1.29 is 9.53 Å². The third kappa shape index (κ3) is 4.88. The molecule has 0 unspecified atom stereocenters. The zero-order valence-corrected chi connectivity index (χ0v) is 22.0. The summed E-state index contributed by atoms with van der Waals surface area (Å²) in [5.74, 6) is -0.0362. The Kier molecular flexibility index (Phi) is 6.57. The van der Waals surface area contributed by atoms with Gasteiger partial charge in [0.25, 0.3) is 5.91 Å². The fourth-order valence-corrected chi connectivity index (χ4v) is 5.09. The van der Waals surface area contributed by atoms with Gasteiger partial charge in [0.15, 0.2) is 0 Å². The number of hydrogen-bond acceptors (Lipinski definition) is 5. The minimum absolute atomic E-state index is 0.0362. The number of rotatable bonds is 5. The van der Waals surface area contributed by atoms with Gasteiger partial charge in [-0.05, 0) is 67.2 Å². The Labute approximate surface area is 226 Å². The Morgan fingerprint density at radius 1 is 0.949 bits per heavy atom. The van der Waals surface area contributed by atoms with Gasteiger partial charge in [0, 0.05) is 48.5 Å². The molecule has 0 N–H and O–H groups in total. The maximum atomic E-state index is 13.2. The van der Waals surface area contributed by atoms with Gasteiger partial charge < -0.3 is 14.5 Å². The average Bonchev–Trinajstić information content (AvgIpc) is 2.97. The van der Waals surface area contributed by atoms with Crippen LogP contribution in [0.3, 0.4) is 0 Å². The molecule has 39 heavy (non-hydrogen) atoms. The van der Waals surface area contributed by atoms with Crippen molar-refractivity contribution in [3.05, 3.63) is 107 Å². The third-order valence-corrected chi connectivity index (χ3v) is 7.03. The van der Waals surface area contributed by atoms with Crippen LogP contribution in [0.4, 0.5) is 0 Å². The third-order valence-electron chi connectivity index (χ3n) is 7.03. The molecule has 1 aliphatic heterocycles. The second-order valence-electron chi connectivity index (χ2n) is 10.0. The van der Waals surface area contributed by atoms with Crippen LogP contribution in [-0.2, 0) is 11.3 Å². The van der Waals surface area contributed by atoms with Crippen molar-refractivity contribution in [2.45, 2.75) is 6.54 Å². The van der Waals surface area contributed by atoms with E-state index in [-0.39, 0.29) is 11.5 Å². The molecule has 194 valence electrons. The molecule has 7 nitrogen and oxygen atoms in total. The van der Waals surface area contributed by atoms with Crippen LogP contribution in [0.1, 0.15) is 15.9 Å². The van der Waals surface area contributed by atoms with E-state index in [4.69, 9.17) is 4.74 Å². The highest BCUT2D eigenvalue weighted by Crippen LogP contribution is 2.29. The Bertz CT molecular complexity index is 1720. The van der Waals surface area contributed by atoms with E-state index in [0.29, 0.717) is 48.5 Å². The smallest absolute Gasteiger partial charge is 0.307 e. The van der Waals surface area contributed by atoms with Crippen LogP contribution in [-0.4, -0.2) is 65.7 Å². The monoisotopic (exact) mass is 516 g/mol. The number of morpholine rings is 1. The zero-order chi connectivity index (χ0) is 26.9. The summed E-state index contributed by atoms with van der Waals surface area (Å²) in [4.78, 5) is 34.7. The van der Waals surface area contributed by atoms with Crippen LogP contribution in [0.25, 0.3) is 38.6 Å². The first-order valence-corrected chi connectivity index (χ1v) is 13.0. The number of nitrogens with zero attached hydrogens (tertiary/aromatic N) is 4. The number of benzene rings is 3. The molecular formula is C32H28N4O3. The predicted octanol–water partition coefficient (Wildman–Crippen LogP) is 4.34. The Morgan fingerprint density at radius 2 is 1.67 bits per heavy atom. The van der Waals surface area contributed by atoms with Crippen molar-refractivity contribution in [2.75, 3.05) is 40.4 Å². The molecule has 1 fully saturated rings. The summed E-state index contributed by atoms with van der Waals surface area (Å²) in [7, 11) is 4.11. The standard InChI is InChI=1S/C32H28N4O3/c1-34(2)21-22-3-5-23(6-4-22)25-9-13-29-28(19-25)31-26(20-33-29)10-14-30(37)36(31)27-11-7-24(8-12-27)32(38)35-15-17-39-18-16-35/h3-9,11-13,19-20H,15-18,21H2,1-2H3. The van der Waals surface area contributed by atoms with Gasteiger partial charge in [-0.25, -0.2) is 0 Å². The molecular weight excluding hydrogens is 488 g/mol. The molecule has 1 saturated heterocycles. The van der Waals surface area contributed by atoms with Gasteiger partial charge >= 0.3 is 5.56 Å². The highest BCUT2D eigenvalue weighted by molar-refractivity contribution is 6.05. The first-order chi connectivity index (χ1) is 19.0. The molecule has 0 bridgehead atoms. The van der Waals surface area contributed by atoms with Crippen molar-refractivity contribution >= 4 is 27.7 Å². The normalized spacial score (nSPS) is 13.7. The van der Waals surface area contributed by atoms with E-state index in [9.17, 15) is 9.59 Å². The average molecular weight is 517 g/mol. The molecule has 3 heterocycles. The minimum atomic E-state index is -0.319. The van der Waals surface area contributed by atoms with Crippen LogP contribution in [0.5, 0.6) is 0 Å². The number of hydrogen-bond donors (Lipinski definition) is 0. The van der Waals surface area contributed by atoms with Crippen LogP contribution in [0, 0.1) is 12.1 Å². The van der Waals surface area contributed by atoms with E-state index in [0.717, 1.165) is 28.6 Å². The first-order valence-electron chi connectivity index (χ1n) is 13.0. The van der Waals surface area contributed by atoms with Gasteiger partial charge in [-0.1, -0.05) is 36.4 Å². The van der Waals surface area contributed by atoms with Crippen molar-refractivity contribution in [1.29, 1.82) is 0 Å². The van der Waals surface area contributed by atoms with Crippen molar-refractivity contribution in [3.63, 3.8) is 0 Å². The highest BCUT2D eigenvalue weighted by atomic mass is 16.5. The predicted molar refractivity (Wildman–Crippen MR) is 152 cm³/mol. The van der Waals surface area contributed by atoms with E-state index in [1.54, 1.807) is 27.8 Å². The minimum Gasteiger partial charge on any atom is -0.378 e. The SMILES string of the molecule is CN(C)Cc1ccc(-c2ccc3ncc4c#cc(=O)n(-c5ccc(C(=O)N6CCOCC6)cc5)c4c3c2)cc1. The topological polar surface area (TPSA) is 67.7 Å². The van der Waals surface area contributed by atoms with E-state index >= 15 is 0 Å². The van der Waals surface area contributed by atoms with Crippen LogP contribution < -0.4 is 5.56 Å². The van der Waals surface area contributed by atoms with Gasteiger partial charge in [-0.15, -0.1) is 0 Å². The van der Waals surface area contributed by atoms with E-state index in [1.807, 2.05) is 18.2 Å². The first kappa shape index (κ1) is 24.8. The number of aromatic nitrogens is 2. The van der Waals surface area contributed by atoms with Crippen molar-refractivity contribution in [1.82, 2.24) is 19.4 Å². The Hall–Kier alpha value is -4.51. The lowest BCUT2D eigenvalue weighted by atomic mass is 10.0. The zero-order valence-electron chi connectivity index (χ0n) is 22.0. The number of carbonyl (C=O) groups excluding carboxylic acids is 1. The molecule has 0 spiro atoms. The molecule has 0 aliphatic carbocycles. The highest BCUT2D eigenvalue weighted by Gasteiger charge is 2.19. The fourth-order valence-electron chi connectivity index (χ4n) is 5.09. The molecule has 1 amide bonds. The van der Waals surface area contributed by atoms with Crippen molar-refractivity contribution in [2.24, 2.45) is 0 Å².